The van der Waals surface area contributed by atoms with E-state index in [0.717, 1.165) is 64.5 Å². The Balaban J connectivity index is 0.00000363. The van der Waals surface area contributed by atoms with Gasteiger partial charge in [0.25, 0.3) is 0 Å². The van der Waals surface area contributed by atoms with Crippen LogP contribution in [0.3, 0.4) is 0 Å². The quantitative estimate of drug-likeness (QED) is 0.273. The van der Waals surface area contributed by atoms with E-state index in [4.69, 9.17) is 4.99 Å². The van der Waals surface area contributed by atoms with E-state index in [1.54, 1.807) is 0 Å². The van der Waals surface area contributed by atoms with Crippen LogP contribution in [-0.4, -0.2) is 71.6 Å². The number of aliphatic imine (C=N–C) groups is 1. The van der Waals surface area contributed by atoms with Gasteiger partial charge in [-0.25, -0.2) is 4.99 Å². The maximum absolute atomic E-state index is 12.2. The van der Waals surface area contributed by atoms with Crippen LogP contribution >= 0.6 is 24.0 Å². The topological polar surface area (TPSA) is 80.2 Å². The number of nitrogens with one attached hydrogen (secondary N) is 2. The van der Waals surface area contributed by atoms with Gasteiger partial charge in [-0.2, -0.15) is 0 Å². The molecule has 8 heteroatoms. The Hall–Kier alpha value is -1.39. The van der Waals surface area contributed by atoms with E-state index in [1.807, 2.05) is 18.7 Å². The van der Waals surface area contributed by atoms with Crippen molar-refractivity contribution in [1.82, 2.24) is 20.4 Å². The molecule has 0 bridgehead atoms. The second-order valence-electron chi connectivity index (χ2n) is 9.09. The van der Waals surface area contributed by atoms with Gasteiger partial charge in [-0.15, -0.1) is 24.0 Å². The number of hydrogen-bond acceptors (Lipinski definition) is 4. The van der Waals surface area contributed by atoms with Crippen molar-refractivity contribution in [2.24, 2.45) is 10.9 Å². The fourth-order valence-electron chi connectivity index (χ4n) is 4.21. The molecule has 3 rings (SSSR count). The van der Waals surface area contributed by atoms with Crippen molar-refractivity contribution < 1.29 is 9.90 Å². The number of rotatable bonds is 7. The summed E-state index contributed by atoms with van der Waals surface area (Å²) in [6.07, 6.45) is 2.57. The molecule has 0 saturated carbocycles. The largest absolute Gasteiger partial charge is 0.393 e. The highest BCUT2D eigenvalue weighted by Crippen LogP contribution is 2.15. The first-order valence-corrected chi connectivity index (χ1v) is 11.8. The van der Waals surface area contributed by atoms with Crippen molar-refractivity contribution in [2.45, 2.75) is 65.3 Å². The third-order valence-electron chi connectivity index (χ3n) is 6.08. The Morgan fingerprint density at radius 3 is 2.41 bits per heavy atom. The Morgan fingerprint density at radius 1 is 1.12 bits per heavy atom. The summed E-state index contributed by atoms with van der Waals surface area (Å²) in [5.41, 5.74) is 2.48. The van der Waals surface area contributed by atoms with Crippen molar-refractivity contribution in [2.75, 3.05) is 32.7 Å². The molecule has 1 amide bonds. The number of halogens is 1. The molecule has 2 saturated heterocycles. The summed E-state index contributed by atoms with van der Waals surface area (Å²) >= 11 is 0. The van der Waals surface area contributed by atoms with Gasteiger partial charge in [0, 0.05) is 51.2 Å². The third kappa shape index (κ3) is 8.19. The number of nitrogens with zero attached hydrogens (tertiary/aromatic N) is 3. The van der Waals surface area contributed by atoms with Crippen molar-refractivity contribution in [3.63, 3.8) is 0 Å². The van der Waals surface area contributed by atoms with E-state index in [9.17, 15) is 9.90 Å². The van der Waals surface area contributed by atoms with Crippen LogP contribution in [-0.2, 0) is 17.9 Å². The summed E-state index contributed by atoms with van der Waals surface area (Å²) < 4.78 is 0. The number of amides is 1. The molecule has 180 valence electrons. The van der Waals surface area contributed by atoms with Gasteiger partial charge in [0.05, 0.1) is 12.6 Å². The number of aliphatic hydroxyl groups excluding tert-OH is 1. The van der Waals surface area contributed by atoms with Gasteiger partial charge < -0.3 is 20.6 Å². The van der Waals surface area contributed by atoms with Gasteiger partial charge >= 0.3 is 0 Å². The molecular formula is C24H40IN5O2. The molecule has 0 spiro atoms. The second kappa shape index (κ2) is 13.3. The van der Waals surface area contributed by atoms with Crippen LogP contribution in [0.15, 0.2) is 29.3 Å². The van der Waals surface area contributed by atoms with Gasteiger partial charge in [-0.05, 0) is 37.3 Å². The Morgan fingerprint density at radius 2 is 1.78 bits per heavy atom. The molecule has 2 aliphatic heterocycles. The number of likely N-dealkylation sites (tertiary alicyclic amines) is 2. The summed E-state index contributed by atoms with van der Waals surface area (Å²) in [6, 6.07) is 8.91. The number of hydrogen-bond donors (Lipinski definition) is 3. The zero-order chi connectivity index (χ0) is 22.2. The van der Waals surface area contributed by atoms with Crippen molar-refractivity contribution >= 4 is 35.8 Å². The fraction of sp³-hybridized carbons (Fsp3) is 0.667. The van der Waals surface area contributed by atoms with Crippen LogP contribution < -0.4 is 10.6 Å². The van der Waals surface area contributed by atoms with Gasteiger partial charge in [0.1, 0.15) is 0 Å². The van der Waals surface area contributed by atoms with Crippen LogP contribution in [0.1, 0.15) is 51.2 Å². The molecule has 7 nitrogen and oxygen atoms in total. The third-order valence-corrected chi connectivity index (χ3v) is 6.08. The predicted octanol–water partition coefficient (Wildman–Crippen LogP) is 2.57. The van der Waals surface area contributed by atoms with Crippen LogP contribution in [0.25, 0.3) is 0 Å². The second-order valence-corrected chi connectivity index (χ2v) is 9.09. The Kier molecular flexibility index (Phi) is 11.2. The van der Waals surface area contributed by atoms with E-state index >= 15 is 0 Å². The summed E-state index contributed by atoms with van der Waals surface area (Å²) in [5, 5.41) is 16.5. The molecule has 1 aromatic rings. The minimum atomic E-state index is -0.126. The number of carbonyl (C=O) groups is 1. The fourth-order valence-corrected chi connectivity index (χ4v) is 4.21. The van der Waals surface area contributed by atoms with Crippen LogP contribution in [0.4, 0.5) is 0 Å². The molecule has 32 heavy (non-hydrogen) atoms. The van der Waals surface area contributed by atoms with Gasteiger partial charge in [0.2, 0.25) is 5.91 Å². The lowest BCUT2D eigenvalue weighted by molar-refractivity contribution is -0.133. The molecule has 0 aromatic heterocycles. The van der Waals surface area contributed by atoms with Gasteiger partial charge in [-0.3, -0.25) is 9.69 Å². The minimum absolute atomic E-state index is 0. The van der Waals surface area contributed by atoms with Crippen molar-refractivity contribution in [1.29, 1.82) is 0 Å². The van der Waals surface area contributed by atoms with E-state index in [1.165, 1.54) is 11.1 Å². The first-order valence-electron chi connectivity index (χ1n) is 11.8. The van der Waals surface area contributed by atoms with Gasteiger partial charge in [0.15, 0.2) is 5.96 Å². The Bertz CT molecular complexity index is 732. The molecule has 0 aliphatic carbocycles. The minimum Gasteiger partial charge on any atom is -0.393 e. The Labute approximate surface area is 210 Å². The number of benzene rings is 1. The zero-order valence-corrected chi connectivity index (χ0v) is 22.0. The summed E-state index contributed by atoms with van der Waals surface area (Å²) in [5.74, 6) is 1.08. The van der Waals surface area contributed by atoms with E-state index in [-0.39, 0.29) is 47.9 Å². The van der Waals surface area contributed by atoms with Crippen LogP contribution in [0.2, 0.25) is 0 Å². The number of carbonyl (C=O) groups excluding carboxylic acids is 1. The smallest absolute Gasteiger partial charge is 0.225 e. The standard InChI is InChI=1S/C24H39N5O2.HI/c1-4-25-24(27-21-9-14-29(17-21)23(31)18(2)3)26-15-19-5-7-20(8-6-19)16-28-12-10-22(30)11-13-28;/h5-8,18,21-22,30H,4,9-17H2,1-3H3,(H2,25,26,27);1H. The highest BCUT2D eigenvalue weighted by Gasteiger charge is 2.28. The average molecular weight is 558 g/mol. The first kappa shape index (κ1) is 26.9. The van der Waals surface area contributed by atoms with Crippen molar-refractivity contribution in [3.8, 4) is 0 Å². The maximum Gasteiger partial charge on any atom is 0.225 e. The monoisotopic (exact) mass is 557 g/mol. The molecule has 1 unspecified atom stereocenters. The van der Waals surface area contributed by atoms with Crippen LogP contribution in [0.5, 0.6) is 0 Å². The highest BCUT2D eigenvalue weighted by molar-refractivity contribution is 14.0. The van der Waals surface area contributed by atoms with E-state index in [0.29, 0.717) is 6.54 Å². The molecular weight excluding hydrogens is 517 g/mol. The molecule has 2 heterocycles. The predicted molar refractivity (Wildman–Crippen MR) is 140 cm³/mol. The highest BCUT2D eigenvalue weighted by atomic mass is 127. The molecule has 2 fully saturated rings. The lowest BCUT2D eigenvalue weighted by Gasteiger charge is -2.29. The lowest BCUT2D eigenvalue weighted by Crippen LogP contribution is -2.45. The van der Waals surface area contributed by atoms with Gasteiger partial charge in [-0.1, -0.05) is 38.1 Å². The zero-order valence-electron chi connectivity index (χ0n) is 19.7. The summed E-state index contributed by atoms with van der Waals surface area (Å²) in [6.45, 7) is 11.8. The summed E-state index contributed by atoms with van der Waals surface area (Å²) in [4.78, 5) is 21.3. The van der Waals surface area contributed by atoms with E-state index in [2.05, 4.69) is 46.7 Å². The molecule has 1 atom stereocenters. The van der Waals surface area contributed by atoms with Crippen LogP contribution in [0, 0.1) is 5.92 Å². The molecule has 3 N–H and O–H groups in total. The molecule has 0 radical (unpaired) electrons. The maximum atomic E-state index is 12.2. The normalized spacial score (nSPS) is 20.3. The molecule has 2 aliphatic rings. The lowest BCUT2D eigenvalue weighted by atomic mass is 10.1. The van der Waals surface area contributed by atoms with E-state index < -0.39 is 0 Å². The number of piperidine rings is 1. The summed E-state index contributed by atoms with van der Waals surface area (Å²) in [7, 11) is 0. The average Bonchev–Trinajstić information content (AvgIpc) is 3.22. The first-order chi connectivity index (χ1) is 14.9. The SMILES string of the molecule is CCNC(=NCc1ccc(CN2CCC(O)CC2)cc1)NC1CCN(C(=O)C(C)C)C1.I. The van der Waals surface area contributed by atoms with Crippen molar-refractivity contribution in [3.05, 3.63) is 35.4 Å². The number of guanidine groups is 1. The molecule has 1 aromatic carbocycles. The number of aliphatic hydroxyl groups is 1.